The summed E-state index contributed by atoms with van der Waals surface area (Å²) in [6, 6.07) is 48.0. The first-order chi connectivity index (χ1) is 33.0. The van der Waals surface area contributed by atoms with E-state index in [0.29, 0.717) is 23.5 Å². The molecule has 0 bridgehead atoms. The minimum atomic E-state index is -0.280. The fourth-order valence-corrected chi connectivity index (χ4v) is 8.27. The van der Waals surface area contributed by atoms with Crippen LogP contribution in [-0.4, -0.2) is 37.5 Å². The number of allylic oxidation sites excluding steroid dienone is 2. The van der Waals surface area contributed by atoms with Crippen molar-refractivity contribution in [3.63, 3.8) is 0 Å². The van der Waals surface area contributed by atoms with Gasteiger partial charge < -0.3 is 24.1 Å². The third kappa shape index (κ3) is 17.5. The monoisotopic (exact) mass is 913 g/mol. The molecule has 0 fully saturated rings. The van der Waals surface area contributed by atoms with Crippen LogP contribution in [-0.2, 0) is 35.2 Å². The van der Waals surface area contributed by atoms with Crippen LogP contribution in [0.25, 0.3) is 16.9 Å². The molecule has 6 heteroatoms. The number of aromatic hydroxyl groups is 1. The van der Waals surface area contributed by atoms with Gasteiger partial charge in [0.1, 0.15) is 29.1 Å². The lowest BCUT2D eigenvalue weighted by atomic mass is 9.96. The molecule has 0 radical (unpaired) electrons. The van der Waals surface area contributed by atoms with Crippen LogP contribution in [0.2, 0.25) is 0 Å². The van der Waals surface area contributed by atoms with Crippen molar-refractivity contribution in [2.45, 2.75) is 110 Å². The van der Waals surface area contributed by atoms with Gasteiger partial charge in [0.05, 0.1) is 25.9 Å². The third-order valence-corrected chi connectivity index (χ3v) is 12.2. The molecular weight excluding hydrogens is 841 g/mol. The van der Waals surface area contributed by atoms with Gasteiger partial charge in [-0.25, -0.2) is 4.79 Å². The van der Waals surface area contributed by atoms with Gasteiger partial charge >= 0.3 is 5.97 Å². The Kier molecular flexibility index (Phi) is 21.3. The van der Waals surface area contributed by atoms with E-state index in [0.717, 1.165) is 110 Å². The molecule has 6 rings (SSSR count). The Bertz CT molecular complexity index is 2490. The van der Waals surface area contributed by atoms with Gasteiger partial charge in [0, 0.05) is 5.56 Å². The van der Waals surface area contributed by atoms with E-state index in [-0.39, 0.29) is 18.2 Å². The summed E-state index contributed by atoms with van der Waals surface area (Å²) in [5, 5.41) is 9.99. The van der Waals surface area contributed by atoms with E-state index in [1.165, 1.54) is 27.8 Å². The lowest BCUT2D eigenvalue weighted by molar-refractivity contribution is 0.0260. The Morgan fingerprint density at radius 3 is 1.53 bits per heavy atom. The van der Waals surface area contributed by atoms with Gasteiger partial charge in [-0.15, -0.1) is 0 Å². The van der Waals surface area contributed by atoms with Crippen LogP contribution < -0.4 is 9.47 Å². The van der Waals surface area contributed by atoms with Crippen LogP contribution in [0.15, 0.2) is 165 Å². The lowest BCUT2D eigenvalue weighted by Gasteiger charge is -2.21. The van der Waals surface area contributed by atoms with Gasteiger partial charge in [-0.1, -0.05) is 131 Å². The zero-order valence-electron chi connectivity index (χ0n) is 41.1. The molecule has 1 N–H and O–H groups in total. The largest absolute Gasteiger partial charge is 0.508 e. The molecule has 2 atom stereocenters. The van der Waals surface area contributed by atoms with Crippen LogP contribution in [0, 0.1) is 6.92 Å². The Balaban J connectivity index is 0.000000256. The summed E-state index contributed by atoms with van der Waals surface area (Å²) >= 11 is 0. The molecular formula is C62H72O6. The van der Waals surface area contributed by atoms with Crippen molar-refractivity contribution in [3.05, 3.63) is 215 Å². The Morgan fingerprint density at radius 1 is 0.515 bits per heavy atom. The fourth-order valence-electron chi connectivity index (χ4n) is 8.27. The zero-order chi connectivity index (χ0) is 48.7. The SMILES string of the molecule is C=C(CCC(CCCc1cc(CC)cc(OC)c1)OC(=O)c1ccccc1)c1cc(C)cc(OC)c1.C=C(CCC(CCCc1cc(O)cc(CC)c1)OC(=C)c1ccccc1)c1ccccc1. The molecule has 0 aromatic heterocycles. The lowest BCUT2D eigenvalue weighted by Crippen LogP contribution is -2.19. The summed E-state index contributed by atoms with van der Waals surface area (Å²) in [7, 11) is 3.38. The number of aryl methyl sites for hydroxylation is 5. The van der Waals surface area contributed by atoms with Crippen molar-refractivity contribution < 1.29 is 28.8 Å². The molecule has 68 heavy (non-hydrogen) atoms. The van der Waals surface area contributed by atoms with Crippen molar-refractivity contribution in [3.8, 4) is 17.2 Å². The van der Waals surface area contributed by atoms with Crippen molar-refractivity contribution in [1.82, 2.24) is 0 Å². The predicted octanol–water partition coefficient (Wildman–Crippen LogP) is 15.4. The number of rotatable bonds is 25. The summed E-state index contributed by atoms with van der Waals surface area (Å²) in [6.45, 7) is 19.1. The highest BCUT2D eigenvalue weighted by Gasteiger charge is 2.18. The van der Waals surface area contributed by atoms with E-state index >= 15 is 0 Å². The molecule has 0 heterocycles. The van der Waals surface area contributed by atoms with Gasteiger partial charge in [0.15, 0.2) is 0 Å². The standard InChI is InChI=1S/C32H38O4.C30H34O2/c1-6-25-19-26(21-31(20-25)35-5)11-10-14-29(36-32(33)27-12-8-7-9-13-27)16-15-24(3)28-17-23(2)18-30(22-28)34-4;1-4-25-20-26(22-29(31)21-25)12-11-17-30(32-24(3)28-15-9-6-10-16-28)19-18-23(2)27-13-7-5-8-14-27/h7-9,12-13,17-22,29H,3,6,10-11,14-16H2,1-2,4-5H3;5-10,13-16,20-22,30-31H,2-4,11-12,17-19H2,1H3. The molecule has 2 unspecified atom stereocenters. The Labute approximate surface area is 407 Å². The maximum absolute atomic E-state index is 12.8. The first-order valence-electron chi connectivity index (χ1n) is 24.2. The average Bonchev–Trinajstić information content (AvgIpc) is 3.37. The van der Waals surface area contributed by atoms with Gasteiger partial charge in [-0.05, 0) is 183 Å². The topological polar surface area (TPSA) is 74.2 Å². The van der Waals surface area contributed by atoms with E-state index < -0.39 is 0 Å². The maximum Gasteiger partial charge on any atom is 0.338 e. The predicted molar refractivity (Wildman–Crippen MR) is 282 cm³/mol. The minimum absolute atomic E-state index is 0.0612. The molecule has 6 aromatic carbocycles. The van der Waals surface area contributed by atoms with E-state index in [4.69, 9.17) is 18.9 Å². The van der Waals surface area contributed by atoms with Gasteiger partial charge in [-0.2, -0.15) is 0 Å². The van der Waals surface area contributed by atoms with Gasteiger partial charge in [0.2, 0.25) is 0 Å². The number of phenolic OH excluding ortho intramolecular Hbond substituents is 1. The number of esters is 1. The first-order valence-corrected chi connectivity index (χ1v) is 24.2. The van der Waals surface area contributed by atoms with E-state index in [9.17, 15) is 9.90 Å². The normalized spacial score (nSPS) is 11.6. The van der Waals surface area contributed by atoms with Gasteiger partial charge in [0.25, 0.3) is 0 Å². The second-order valence-corrected chi connectivity index (χ2v) is 17.5. The van der Waals surface area contributed by atoms with Crippen molar-refractivity contribution in [1.29, 1.82) is 0 Å². The highest BCUT2D eigenvalue weighted by Crippen LogP contribution is 2.29. The van der Waals surface area contributed by atoms with Crippen molar-refractivity contribution >= 4 is 22.9 Å². The molecule has 0 amide bonds. The number of hydrogen-bond donors (Lipinski definition) is 1. The zero-order valence-corrected chi connectivity index (χ0v) is 41.1. The summed E-state index contributed by atoms with van der Waals surface area (Å²) in [5.74, 6) is 2.50. The molecule has 0 saturated heterocycles. The first kappa shape index (κ1) is 52.2. The van der Waals surface area contributed by atoms with Crippen LogP contribution in [0.1, 0.15) is 120 Å². The summed E-state index contributed by atoms with van der Waals surface area (Å²) in [5.41, 5.74) is 12.0. The maximum atomic E-state index is 12.8. The number of methoxy groups -OCH3 is 2. The number of hydrogen-bond acceptors (Lipinski definition) is 6. The third-order valence-electron chi connectivity index (χ3n) is 12.2. The molecule has 0 aliphatic carbocycles. The average molecular weight is 913 g/mol. The molecule has 0 aliphatic rings. The second-order valence-electron chi connectivity index (χ2n) is 17.5. The smallest absolute Gasteiger partial charge is 0.338 e. The van der Waals surface area contributed by atoms with Gasteiger partial charge in [-0.3, -0.25) is 0 Å². The van der Waals surface area contributed by atoms with E-state index in [1.807, 2.05) is 97.9 Å². The van der Waals surface area contributed by atoms with Crippen LogP contribution in [0.5, 0.6) is 17.2 Å². The number of benzene rings is 6. The van der Waals surface area contributed by atoms with E-state index in [2.05, 4.69) is 76.0 Å². The van der Waals surface area contributed by atoms with E-state index in [1.54, 1.807) is 26.4 Å². The highest BCUT2D eigenvalue weighted by molar-refractivity contribution is 5.89. The minimum Gasteiger partial charge on any atom is -0.508 e. The number of phenols is 1. The van der Waals surface area contributed by atoms with Crippen LogP contribution in [0.3, 0.4) is 0 Å². The Morgan fingerprint density at radius 2 is 0.971 bits per heavy atom. The fraction of sp³-hybridized carbons (Fsp3) is 0.306. The number of carbonyl (C=O) groups excluding carboxylic acids is 1. The highest BCUT2D eigenvalue weighted by atomic mass is 16.5. The molecule has 0 spiro atoms. The summed E-state index contributed by atoms with van der Waals surface area (Å²) in [6.07, 6.45) is 10.4. The number of carbonyl (C=O) groups is 1. The van der Waals surface area contributed by atoms with Crippen molar-refractivity contribution in [2.24, 2.45) is 0 Å². The van der Waals surface area contributed by atoms with Crippen LogP contribution >= 0.6 is 0 Å². The van der Waals surface area contributed by atoms with Crippen molar-refractivity contribution in [2.75, 3.05) is 14.2 Å². The molecule has 0 aliphatic heterocycles. The molecule has 356 valence electrons. The number of ether oxygens (including phenoxy) is 4. The molecule has 6 nitrogen and oxygen atoms in total. The quantitative estimate of drug-likeness (QED) is 0.0456. The summed E-state index contributed by atoms with van der Waals surface area (Å²) in [4.78, 5) is 12.8. The molecule has 0 saturated carbocycles. The second kappa shape index (κ2) is 27.8. The summed E-state index contributed by atoms with van der Waals surface area (Å²) < 4.78 is 23.2. The van der Waals surface area contributed by atoms with Crippen LogP contribution in [0.4, 0.5) is 0 Å². The molecule has 6 aromatic rings. The Hall–Kier alpha value is -6.79.